The average molecular weight is 437 g/mol. The summed E-state index contributed by atoms with van der Waals surface area (Å²) in [7, 11) is 5.27. The molecule has 4 rings (SSSR count). The number of aromatic nitrogens is 1. The highest BCUT2D eigenvalue weighted by molar-refractivity contribution is 6.15. The quantitative estimate of drug-likeness (QED) is 0.515. The third kappa shape index (κ3) is 4.27. The van der Waals surface area contributed by atoms with Crippen LogP contribution < -0.4 is 14.7 Å². The van der Waals surface area contributed by atoms with Crippen molar-refractivity contribution in [1.82, 2.24) is 4.57 Å². The summed E-state index contributed by atoms with van der Waals surface area (Å²) in [5, 5.41) is 13.8. The number of hydrogen-bond donors (Lipinski definition) is 1. The smallest absolute Gasteiger partial charge is 0.231 e. The maximum absolute atomic E-state index is 13.1. The topological polar surface area (TPSA) is 77.2 Å². The number of Topliss-reactive ketones (excluding diaryl/α,β-unsaturated/α-hetero) is 1. The van der Waals surface area contributed by atoms with Gasteiger partial charge >= 0.3 is 0 Å². The molecular formula is C25H28N2O5. The minimum absolute atomic E-state index is 0.129. The number of aryl methyl sites for hydroxylation is 1. The number of fused-ring (bicyclic) bond motifs is 2. The number of allylic oxidation sites excluding steroid dienone is 1. The fourth-order valence-electron chi connectivity index (χ4n) is 4.13. The molecule has 3 aromatic rings. The number of nitrogens with one attached hydrogen (secondary N) is 1. The molecule has 0 amide bonds. The van der Waals surface area contributed by atoms with E-state index in [4.69, 9.17) is 14.2 Å². The number of carbonyl (C=O) groups excluding carboxylic acids is 1. The second-order valence-corrected chi connectivity index (χ2v) is 7.98. The van der Waals surface area contributed by atoms with Gasteiger partial charge in [0.1, 0.15) is 25.4 Å². The fraction of sp³-hybridized carbons (Fsp3) is 0.320. The molecule has 0 saturated carbocycles. The van der Waals surface area contributed by atoms with Crippen molar-refractivity contribution in [3.8, 4) is 11.5 Å². The molecule has 0 radical (unpaired) electrons. The van der Waals surface area contributed by atoms with Gasteiger partial charge in [0.15, 0.2) is 5.76 Å². The van der Waals surface area contributed by atoms with Crippen LogP contribution in [0.4, 0.5) is 0 Å². The predicted octanol–water partition coefficient (Wildman–Crippen LogP) is 1.55. The Labute approximate surface area is 187 Å². The van der Waals surface area contributed by atoms with Crippen molar-refractivity contribution in [1.29, 1.82) is 0 Å². The zero-order valence-electron chi connectivity index (χ0n) is 18.6. The SMILES string of the molecule is COCC[NH+](CCOC)Cc1c([O-])ccc2c1OC(=Cc1cn(C)c3ccccc13)C2=O. The number of quaternary nitrogens is 1. The Bertz CT molecular complexity index is 1160. The summed E-state index contributed by atoms with van der Waals surface area (Å²) in [5.41, 5.74) is 2.92. The molecule has 0 bridgehead atoms. The van der Waals surface area contributed by atoms with E-state index in [9.17, 15) is 9.90 Å². The van der Waals surface area contributed by atoms with Crippen LogP contribution in [0.1, 0.15) is 21.5 Å². The van der Waals surface area contributed by atoms with Crippen LogP contribution in [-0.2, 0) is 23.1 Å². The number of ketones is 1. The highest BCUT2D eigenvalue weighted by Gasteiger charge is 2.31. The molecular weight excluding hydrogens is 408 g/mol. The van der Waals surface area contributed by atoms with Gasteiger partial charge in [-0.15, -0.1) is 0 Å². The van der Waals surface area contributed by atoms with Crippen LogP contribution in [0.5, 0.6) is 11.5 Å². The molecule has 32 heavy (non-hydrogen) atoms. The number of rotatable bonds is 9. The van der Waals surface area contributed by atoms with E-state index in [0.29, 0.717) is 36.6 Å². The van der Waals surface area contributed by atoms with E-state index in [1.807, 2.05) is 42.1 Å². The number of benzene rings is 2. The van der Waals surface area contributed by atoms with Gasteiger partial charge in [0.25, 0.3) is 0 Å². The third-order valence-corrected chi connectivity index (χ3v) is 5.86. The highest BCUT2D eigenvalue weighted by atomic mass is 16.5. The van der Waals surface area contributed by atoms with Gasteiger partial charge in [-0.2, -0.15) is 0 Å². The Balaban J connectivity index is 1.66. The Morgan fingerprint density at radius 3 is 2.53 bits per heavy atom. The highest BCUT2D eigenvalue weighted by Crippen LogP contribution is 2.38. The summed E-state index contributed by atoms with van der Waals surface area (Å²) in [6.45, 7) is 3.00. The summed E-state index contributed by atoms with van der Waals surface area (Å²) in [6, 6.07) is 11.0. The van der Waals surface area contributed by atoms with Gasteiger partial charge in [-0.1, -0.05) is 30.0 Å². The standard InChI is InChI=1S/C25H28N2O5/c1-26-15-17(18-6-4-5-7-21(18)26)14-23-24(29)19-8-9-22(28)20(25(19)32-23)16-27(10-12-30-2)11-13-31-3/h4-9,14-15,28H,10-13,16H2,1-3H3. The van der Waals surface area contributed by atoms with Crippen LogP contribution in [0.15, 0.2) is 48.4 Å². The summed E-state index contributed by atoms with van der Waals surface area (Å²) in [4.78, 5) is 14.2. The van der Waals surface area contributed by atoms with Crippen molar-refractivity contribution in [2.24, 2.45) is 7.05 Å². The molecule has 0 fully saturated rings. The lowest BCUT2D eigenvalue weighted by Gasteiger charge is -2.23. The van der Waals surface area contributed by atoms with Crippen molar-refractivity contribution < 1.29 is 29.0 Å². The van der Waals surface area contributed by atoms with Crippen molar-refractivity contribution >= 4 is 22.8 Å². The van der Waals surface area contributed by atoms with Crippen LogP contribution in [-0.4, -0.2) is 50.9 Å². The number of para-hydroxylation sites is 1. The first-order valence-corrected chi connectivity index (χ1v) is 10.7. The van der Waals surface area contributed by atoms with E-state index in [2.05, 4.69) is 0 Å². The molecule has 0 atom stereocenters. The Morgan fingerprint density at radius 1 is 1.09 bits per heavy atom. The van der Waals surface area contributed by atoms with Crippen molar-refractivity contribution in [2.75, 3.05) is 40.5 Å². The summed E-state index contributed by atoms with van der Waals surface area (Å²) < 4.78 is 18.5. The van der Waals surface area contributed by atoms with E-state index >= 15 is 0 Å². The summed E-state index contributed by atoms with van der Waals surface area (Å²) in [6.07, 6.45) is 3.73. The largest absolute Gasteiger partial charge is 0.872 e. The van der Waals surface area contributed by atoms with Gasteiger partial charge in [-0.05, 0) is 18.2 Å². The molecule has 1 aromatic heterocycles. The summed E-state index contributed by atoms with van der Waals surface area (Å²) >= 11 is 0. The maximum atomic E-state index is 13.1. The van der Waals surface area contributed by atoms with Gasteiger partial charge in [0.2, 0.25) is 5.78 Å². The number of hydrogen-bond acceptors (Lipinski definition) is 5. The second-order valence-electron chi connectivity index (χ2n) is 7.98. The average Bonchev–Trinajstić information content (AvgIpc) is 3.29. The molecule has 2 aromatic carbocycles. The van der Waals surface area contributed by atoms with Crippen molar-refractivity contribution in [3.63, 3.8) is 0 Å². The molecule has 0 aliphatic carbocycles. The van der Waals surface area contributed by atoms with Gasteiger partial charge in [-0.25, -0.2) is 0 Å². The molecule has 2 heterocycles. The minimum atomic E-state index is -0.204. The zero-order chi connectivity index (χ0) is 22.7. The van der Waals surface area contributed by atoms with E-state index in [-0.39, 0.29) is 17.3 Å². The molecule has 168 valence electrons. The van der Waals surface area contributed by atoms with Gasteiger partial charge in [0.05, 0.1) is 18.8 Å². The number of nitrogens with zero attached hydrogens (tertiary/aromatic N) is 1. The molecule has 7 nitrogen and oxygen atoms in total. The van der Waals surface area contributed by atoms with Crippen LogP contribution >= 0.6 is 0 Å². The lowest BCUT2D eigenvalue weighted by Crippen LogP contribution is -3.11. The van der Waals surface area contributed by atoms with E-state index in [0.717, 1.165) is 34.5 Å². The van der Waals surface area contributed by atoms with Gasteiger partial charge in [-0.3, -0.25) is 4.79 Å². The first kappa shape index (κ1) is 22.1. The lowest BCUT2D eigenvalue weighted by atomic mass is 10.0. The molecule has 1 N–H and O–H groups in total. The van der Waals surface area contributed by atoms with Crippen LogP contribution in [0.25, 0.3) is 17.0 Å². The monoisotopic (exact) mass is 436 g/mol. The van der Waals surface area contributed by atoms with Gasteiger partial charge in [0, 0.05) is 49.5 Å². The second kappa shape index (κ2) is 9.56. The zero-order valence-corrected chi connectivity index (χ0v) is 18.6. The number of methoxy groups -OCH3 is 2. The number of ether oxygens (including phenoxy) is 3. The Kier molecular flexibility index (Phi) is 6.60. The fourth-order valence-corrected chi connectivity index (χ4v) is 4.13. The van der Waals surface area contributed by atoms with Crippen LogP contribution in [0.3, 0.4) is 0 Å². The first-order valence-electron chi connectivity index (χ1n) is 10.7. The molecule has 0 saturated heterocycles. The molecule has 1 aliphatic rings. The molecule has 7 heteroatoms. The normalized spacial score (nSPS) is 14.5. The van der Waals surface area contributed by atoms with E-state index in [1.165, 1.54) is 6.07 Å². The van der Waals surface area contributed by atoms with E-state index in [1.54, 1.807) is 26.4 Å². The van der Waals surface area contributed by atoms with Crippen molar-refractivity contribution in [3.05, 3.63) is 65.0 Å². The van der Waals surface area contributed by atoms with Crippen LogP contribution in [0, 0.1) is 0 Å². The molecule has 0 spiro atoms. The van der Waals surface area contributed by atoms with Crippen LogP contribution in [0.2, 0.25) is 0 Å². The van der Waals surface area contributed by atoms with E-state index < -0.39 is 0 Å². The molecule has 1 aliphatic heterocycles. The van der Waals surface area contributed by atoms with Crippen molar-refractivity contribution in [2.45, 2.75) is 6.54 Å². The predicted molar refractivity (Wildman–Crippen MR) is 120 cm³/mol. The third-order valence-electron chi connectivity index (χ3n) is 5.86. The Morgan fingerprint density at radius 2 is 1.81 bits per heavy atom. The Hall–Kier alpha value is -3.13. The maximum Gasteiger partial charge on any atom is 0.231 e. The first-order chi connectivity index (χ1) is 15.5. The minimum Gasteiger partial charge on any atom is -0.872 e. The molecule has 0 unspecified atom stereocenters. The summed E-state index contributed by atoms with van der Waals surface area (Å²) in [5.74, 6) is 0.277. The van der Waals surface area contributed by atoms with Gasteiger partial charge < -0.3 is 28.8 Å². The lowest BCUT2D eigenvalue weighted by molar-refractivity contribution is -0.914. The number of carbonyl (C=O) groups is 1.